The van der Waals surface area contributed by atoms with Crippen molar-refractivity contribution in [3.8, 4) is 0 Å². The summed E-state index contributed by atoms with van der Waals surface area (Å²) in [6.45, 7) is 0.221. The second-order valence-corrected chi connectivity index (χ2v) is 7.60. The number of ketones is 1. The maximum Gasteiger partial charge on any atom is 0.312 e. The molecule has 2 N–H and O–H groups in total. The van der Waals surface area contributed by atoms with Crippen LogP contribution in [0.5, 0.6) is 0 Å². The third kappa shape index (κ3) is 2.80. The molecule has 0 unspecified atom stereocenters. The summed E-state index contributed by atoms with van der Waals surface area (Å²) in [5, 5.41) is 12.2. The molecule has 0 bridgehead atoms. The Morgan fingerprint density at radius 2 is 1.80 bits per heavy atom. The summed E-state index contributed by atoms with van der Waals surface area (Å²) in [5.74, 6) is -9.84. The number of aliphatic hydroxyl groups is 1. The van der Waals surface area contributed by atoms with Crippen LogP contribution in [0.15, 0.2) is 0 Å². The smallest absolute Gasteiger partial charge is 0.312 e. The van der Waals surface area contributed by atoms with Crippen molar-refractivity contribution >= 4 is 17.6 Å². The van der Waals surface area contributed by atoms with Gasteiger partial charge in [0.15, 0.2) is 0 Å². The van der Waals surface area contributed by atoms with Crippen molar-refractivity contribution in [1.29, 1.82) is 0 Å². The topological polar surface area (TPSA) is 86.7 Å². The molecule has 2 saturated carbocycles. The number of nitrogens with one attached hydrogen (secondary N) is 1. The maximum atomic E-state index is 14.0. The molecular formula is C15H18F4N2O4. The quantitative estimate of drug-likeness (QED) is 0.526. The van der Waals surface area contributed by atoms with Gasteiger partial charge in [0.05, 0.1) is 17.6 Å². The van der Waals surface area contributed by atoms with Gasteiger partial charge >= 0.3 is 11.8 Å². The summed E-state index contributed by atoms with van der Waals surface area (Å²) < 4.78 is 55.2. The summed E-state index contributed by atoms with van der Waals surface area (Å²) in [6, 6.07) is 0. The van der Waals surface area contributed by atoms with Crippen molar-refractivity contribution in [3.63, 3.8) is 0 Å². The van der Waals surface area contributed by atoms with Gasteiger partial charge in [-0.3, -0.25) is 14.4 Å². The molecule has 1 spiro atoms. The lowest BCUT2D eigenvalue weighted by Gasteiger charge is -2.39. The van der Waals surface area contributed by atoms with Crippen molar-refractivity contribution in [1.82, 2.24) is 10.2 Å². The van der Waals surface area contributed by atoms with E-state index in [0.717, 1.165) is 0 Å². The number of hydrogen-bond acceptors (Lipinski definition) is 4. The van der Waals surface area contributed by atoms with E-state index in [1.807, 2.05) is 0 Å². The first kappa shape index (κ1) is 18.1. The van der Waals surface area contributed by atoms with Crippen LogP contribution in [0, 0.1) is 0 Å². The molecule has 3 aliphatic rings. The normalized spacial score (nSPS) is 34.9. The third-order valence-electron chi connectivity index (χ3n) is 5.33. The Balaban J connectivity index is 1.83. The summed E-state index contributed by atoms with van der Waals surface area (Å²) in [7, 11) is 0. The Morgan fingerprint density at radius 3 is 2.28 bits per heavy atom. The van der Waals surface area contributed by atoms with Crippen molar-refractivity contribution in [2.75, 3.05) is 6.54 Å². The van der Waals surface area contributed by atoms with Crippen molar-refractivity contribution in [2.45, 2.75) is 68.1 Å². The lowest BCUT2D eigenvalue weighted by Crippen LogP contribution is -2.61. The predicted molar refractivity (Wildman–Crippen MR) is 75.0 cm³/mol. The first-order valence-electron chi connectivity index (χ1n) is 7.90. The minimum Gasteiger partial charge on any atom is -0.384 e. The number of carbonyl (C=O) groups is 3. The van der Waals surface area contributed by atoms with Gasteiger partial charge in [-0.25, -0.2) is 17.6 Å². The third-order valence-corrected chi connectivity index (χ3v) is 5.33. The van der Waals surface area contributed by atoms with Gasteiger partial charge in [0.2, 0.25) is 0 Å². The van der Waals surface area contributed by atoms with Gasteiger partial charge in [-0.05, 0) is 13.3 Å². The fourth-order valence-corrected chi connectivity index (χ4v) is 4.11. The molecule has 25 heavy (non-hydrogen) atoms. The van der Waals surface area contributed by atoms with Crippen molar-refractivity contribution in [3.05, 3.63) is 0 Å². The van der Waals surface area contributed by atoms with Gasteiger partial charge < -0.3 is 15.3 Å². The van der Waals surface area contributed by atoms with Crippen LogP contribution in [0.25, 0.3) is 0 Å². The molecule has 10 heteroatoms. The molecule has 3 fully saturated rings. The van der Waals surface area contributed by atoms with E-state index in [0.29, 0.717) is 4.90 Å². The van der Waals surface area contributed by atoms with Gasteiger partial charge in [-0.1, -0.05) is 0 Å². The lowest BCUT2D eigenvalue weighted by molar-refractivity contribution is -0.153. The molecule has 0 radical (unpaired) electrons. The monoisotopic (exact) mass is 366 g/mol. The van der Waals surface area contributed by atoms with E-state index in [1.165, 1.54) is 6.92 Å². The second-order valence-electron chi connectivity index (χ2n) is 7.60. The Bertz CT molecular complexity index is 645. The summed E-state index contributed by atoms with van der Waals surface area (Å²) in [4.78, 5) is 36.0. The highest BCUT2D eigenvalue weighted by molar-refractivity contribution is 6.35. The van der Waals surface area contributed by atoms with E-state index in [9.17, 15) is 37.1 Å². The molecule has 2 atom stereocenters. The molecular weight excluding hydrogens is 348 g/mol. The van der Waals surface area contributed by atoms with Gasteiger partial charge in [-0.2, -0.15) is 0 Å². The highest BCUT2D eigenvalue weighted by atomic mass is 19.3. The van der Waals surface area contributed by atoms with Crippen molar-refractivity contribution < 1.29 is 37.1 Å². The minimum atomic E-state index is -3.79. The standard InChI is InChI=1S/C15H18F4N2O4/c1-12(4-8(22)5-12)20-9(23)10(24)21-7-15(18,19)11(25)13(21)2-3-14(16,17)6-13/h11,25H,2-7H2,1H3,(H,20,23)/t11-,13+/m1/s1. The molecule has 1 heterocycles. The van der Waals surface area contributed by atoms with Gasteiger partial charge in [-0.15, -0.1) is 0 Å². The molecule has 0 aromatic heterocycles. The van der Waals surface area contributed by atoms with Crippen LogP contribution in [-0.2, 0) is 14.4 Å². The first-order chi connectivity index (χ1) is 11.3. The molecule has 2 amide bonds. The average molecular weight is 366 g/mol. The van der Waals surface area contributed by atoms with Crippen LogP contribution >= 0.6 is 0 Å². The van der Waals surface area contributed by atoms with Gasteiger partial charge in [0.25, 0.3) is 11.8 Å². The second kappa shape index (κ2) is 5.15. The number of halogens is 4. The zero-order chi connectivity index (χ0) is 18.8. The molecule has 6 nitrogen and oxygen atoms in total. The minimum absolute atomic E-state index is 0.00796. The van der Waals surface area contributed by atoms with Crippen LogP contribution in [0.3, 0.4) is 0 Å². The molecule has 1 aliphatic heterocycles. The van der Waals surface area contributed by atoms with E-state index < -0.39 is 66.6 Å². The number of carbonyl (C=O) groups excluding carboxylic acids is 3. The van der Waals surface area contributed by atoms with Crippen LogP contribution in [-0.4, -0.2) is 63.2 Å². The Kier molecular flexibility index (Phi) is 3.73. The number of amides is 2. The van der Waals surface area contributed by atoms with Gasteiger partial charge in [0, 0.05) is 25.7 Å². The van der Waals surface area contributed by atoms with E-state index in [2.05, 4.69) is 5.32 Å². The van der Waals surface area contributed by atoms with Gasteiger partial charge in [0.1, 0.15) is 11.9 Å². The summed E-state index contributed by atoms with van der Waals surface area (Å²) >= 11 is 0. The number of rotatable bonds is 1. The molecule has 1 saturated heterocycles. The fourth-order valence-electron chi connectivity index (χ4n) is 4.11. The zero-order valence-electron chi connectivity index (χ0n) is 13.5. The van der Waals surface area contributed by atoms with Crippen LogP contribution < -0.4 is 5.32 Å². The highest BCUT2D eigenvalue weighted by Crippen LogP contribution is 2.53. The molecule has 0 aromatic rings. The first-order valence-corrected chi connectivity index (χ1v) is 7.90. The Labute approximate surface area is 140 Å². The fraction of sp³-hybridized carbons (Fsp3) is 0.800. The lowest BCUT2D eigenvalue weighted by atomic mass is 9.77. The van der Waals surface area contributed by atoms with E-state index in [-0.39, 0.29) is 18.6 Å². The number of hydrogen-bond donors (Lipinski definition) is 2. The van der Waals surface area contributed by atoms with Crippen LogP contribution in [0.2, 0.25) is 0 Å². The van der Waals surface area contributed by atoms with E-state index in [1.54, 1.807) is 0 Å². The summed E-state index contributed by atoms with van der Waals surface area (Å²) in [6.07, 6.45) is -4.84. The molecule has 0 aromatic carbocycles. The van der Waals surface area contributed by atoms with E-state index >= 15 is 0 Å². The highest BCUT2D eigenvalue weighted by Gasteiger charge is 2.69. The molecule has 2 aliphatic carbocycles. The van der Waals surface area contributed by atoms with Crippen LogP contribution in [0.4, 0.5) is 17.6 Å². The number of likely N-dealkylation sites (tertiary alicyclic amines) is 1. The van der Waals surface area contributed by atoms with E-state index in [4.69, 9.17) is 0 Å². The largest absolute Gasteiger partial charge is 0.384 e. The zero-order valence-corrected chi connectivity index (χ0v) is 13.5. The Morgan fingerprint density at radius 1 is 1.20 bits per heavy atom. The summed E-state index contributed by atoms with van der Waals surface area (Å²) in [5.41, 5.74) is -3.12. The average Bonchev–Trinajstić information content (AvgIpc) is 2.86. The molecule has 3 rings (SSSR count). The van der Waals surface area contributed by atoms with Crippen LogP contribution in [0.1, 0.15) is 39.0 Å². The number of nitrogens with zero attached hydrogens (tertiary/aromatic N) is 1. The molecule has 140 valence electrons. The number of aliphatic hydroxyl groups excluding tert-OH is 1. The number of alkyl halides is 4. The SMILES string of the molecule is CC1(NC(=O)C(=O)N2CC(F)(F)[C@H](O)[C@@]23CCC(F)(F)C3)CC(=O)C1. The Hall–Kier alpha value is -1.71. The predicted octanol–water partition coefficient (Wildman–Crippen LogP) is 0.621. The number of Topliss-reactive ketones (excluding diaryl/α,β-unsaturated/α-hetero) is 1. The van der Waals surface area contributed by atoms with Crippen molar-refractivity contribution in [2.24, 2.45) is 0 Å². The maximum absolute atomic E-state index is 14.0.